The lowest BCUT2D eigenvalue weighted by Gasteiger charge is -2.27. The minimum absolute atomic E-state index is 0.652. The predicted octanol–water partition coefficient (Wildman–Crippen LogP) is -3.07. The van der Waals surface area contributed by atoms with Gasteiger partial charge in [0.25, 0.3) is 0 Å². The van der Waals surface area contributed by atoms with Crippen molar-refractivity contribution in [2.75, 3.05) is 13.7 Å². The molecule has 0 aromatic carbocycles. The topological polar surface area (TPSA) is 139 Å². The van der Waals surface area contributed by atoms with Crippen LogP contribution in [0.1, 0.15) is 8.27 Å². The van der Waals surface area contributed by atoms with E-state index in [0.29, 0.717) is 0 Å². The molecule has 5 atom stereocenters. The minimum atomic E-state index is -2.15. The van der Waals surface area contributed by atoms with Crippen LogP contribution >= 0.6 is 0 Å². The number of aliphatic hydroxyl groups is 3. The van der Waals surface area contributed by atoms with E-state index in [9.17, 15) is 19.8 Å². The molecule has 0 radical (unpaired) electrons. The van der Waals surface area contributed by atoms with Crippen molar-refractivity contribution in [3.63, 3.8) is 0 Å². The molecule has 8 heteroatoms. The van der Waals surface area contributed by atoms with Gasteiger partial charge in [0.1, 0.15) is 18.3 Å². The molecular formula is C10H17NO7. The summed E-state index contributed by atoms with van der Waals surface area (Å²) in [5.74, 6) is -2.12. The molecule has 0 bridgehead atoms. The number of methoxy groups -OCH3 is 1. The van der Waals surface area contributed by atoms with Gasteiger partial charge in [-0.2, -0.15) is 0 Å². The smallest absolute Gasteiger partial charge is 0.330 e. The summed E-state index contributed by atoms with van der Waals surface area (Å²) < 4.78 is 16.7. The van der Waals surface area contributed by atoms with Gasteiger partial charge in [-0.1, -0.05) is 0 Å². The van der Waals surface area contributed by atoms with Crippen molar-refractivity contribution in [2.24, 2.45) is 5.73 Å². The van der Waals surface area contributed by atoms with E-state index in [-0.39, 0.29) is 0 Å². The van der Waals surface area contributed by atoms with Crippen LogP contribution in [0, 0.1) is 0 Å². The van der Waals surface area contributed by atoms with Crippen molar-refractivity contribution in [3.8, 4) is 0 Å². The van der Waals surface area contributed by atoms with E-state index in [4.69, 9.17) is 16.9 Å². The van der Waals surface area contributed by atoms with Gasteiger partial charge in [0.15, 0.2) is 17.4 Å². The van der Waals surface area contributed by atoms with Gasteiger partial charge in [0, 0.05) is 1.37 Å². The van der Waals surface area contributed by atoms with Crippen LogP contribution in [0.15, 0.2) is 0 Å². The zero-order valence-corrected chi connectivity index (χ0v) is 9.78. The lowest BCUT2D eigenvalue weighted by atomic mass is 9.88. The first-order chi connectivity index (χ1) is 8.85. The lowest BCUT2D eigenvalue weighted by molar-refractivity contribution is -0.158. The molecule has 1 aliphatic heterocycles. The van der Waals surface area contributed by atoms with E-state index >= 15 is 0 Å². The molecule has 0 saturated carbocycles. The molecule has 1 saturated heterocycles. The SMILES string of the molecule is [2H]CC1(C(=O)C(N)C(=O)OC)O[C@H](CO)[C@@H](O)[C@H]1O. The Morgan fingerprint density at radius 3 is 2.61 bits per heavy atom. The van der Waals surface area contributed by atoms with E-state index in [0.717, 1.165) is 7.11 Å². The first kappa shape index (κ1) is 13.4. The third-order valence-corrected chi connectivity index (χ3v) is 2.88. The largest absolute Gasteiger partial charge is 0.468 e. The Balaban J connectivity index is 3.05. The maximum Gasteiger partial charge on any atom is 0.330 e. The van der Waals surface area contributed by atoms with Gasteiger partial charge in [0.05, 0.1) is 13.7 Å². The number of nitrogens with two attached hydrogens (primary N) is 1. The molecule has 0 spiro atoms. The van der Waals surface area contributed by atoms with Gasteiger partial charge in [-0.05, 0) is 6.90 Å². The molecule has 104 valence electrons. The fourth-order valence-electron chi connectivity index (χ4n) is 1.74. The molecule has 0 aliphatic carbocycles. The second-order valence-corrected chi connectivity index (χ2v) is 4.03. The van der Waals surface area contributed by atoms with E-state index in [1.165, 1.54) is 0 Å². The molecule has 0 aromatic heterocycles. The average molecular weight is 264 g/mol. The number of carbonyl (C=O) groups excluding carboxylic acids is 2. The number of hydrogen-bond donors (Lipinski definition) is 4. The predicted molar refractivity (Wildman–Crippen MR) is 57.4 cm³/mol. The molecular weight excluding hydrogens is 246 g/mol. The molecule has 1 aliphatic rings. The quantitative estimate of drug-likeness (QED) is 0.310. The van der Waals surface area contributed by atoms with Gasteiger partial charge >= 0.3 is 5.97 Å². The highest BCUT2D eigenvalue weighted by Crippen LogP contribution is 2.32. The number of carbonyl (C=O) groups is 2. The van der Waals surface area contributed by atoms with Crippen molar-refractivity contribution >= 4 is 11.8 Å². The summed E-state index contributed by atoms with van der Waals surface area (Å²) in [6.07, 6.45) is -4.54. The summed E-state index contributed by atoms with van der Waals surface area (Å²) in [7, 11) is 1.03. The summed E-state index contributed by atoms with van der Waals surface area (Å²) in [5.41, 5.74) is 3.21. The van der Waals surface area contributed by atoms with E-state index in [1.807, 2.05) is 0 Å². The van der Waals surface area contributed by atoms with Crippen LogP contribution in [0.2, 0.25) is 0 Å². The highest BCUT2D eigenvalue weighted by Gasteiger charge is 2.57. The van der Waals surface area contributed by atoms with Gasteiger partial charge in [-0.15, -0.1) is 0 Å². The molecule has 1 heterocycles. The van der Waals surface area contributed by atoms with E-state index < -0.39 is 55.2 Å². The molecule has 5 N–H and O–H groups in total. The van der Waals surface area contributed by atoms with Gasteiger partial charge in [-0.3, -0.25) is 4.79 Å². The third kappa shape index (κ3) is 2.25. The molecule has 18 heavy (non-hydrogen) atoms. The Kier molecular flexibility index (Phi) is 3.93. The van der Waals surface area contributed by atoms with Crippen molar-refractivity contribution in [1.82, 2.24) is 0 Å². The molecule has 0 aromatic rings. The number of hydrogen-bond acceptors (Lipinski definition) is 8. The van der Waals surface area contributed by atoms with E-state index in [1.54, 1.807) is 0 Å². The van der Waals surface area contributed by atoms with Crippen LogP contribution in [0.25, 0.3) is 0 Å². The number of Topliss-reactive ketones (excluding diaryl/α,β-unsaturated/α-hetero) is 1. The zero-order valence-electron chi connectivity index (χ0n) is 10.8. The van der Waals surface area contributed by atoms with Crippen LogP contribution in [0.3, 0.4) is 0 Å². The zero-order chi connectivity index (χ0) is 14.8. The highest BCUT2D eigenvalue weighted by molar-refractivity contribution is 6.07. The maximum absolute atomic E-state index is 12.1. The van der Waals surface area contributed by atoms with Crippen molar-refractivity contribution < 1.29 is 35.8 Å². The number of rotatable bonds is 4. The van der Waals surface area contributed by atoms with Crippen LogP contribution < -0.4 is 5.73 Å². The Bertz CT molecular complexity index is 366. The Hall–Kier alpha value is -1.06. The summed E-state index contributed by atoms with van der Waals surface area (Å²) in [4.78, 5) is 23.3. The lowest BCUT2D eigenvalue weighted by Crippen LogP contribution is -2.56. The summed E-state index contributed by atoms with van der Waals surface area (Å²) in [6, 6.07) is -1.74. The van der Waals surface area contributed by atoms with Crippen molar-refractivity contribution in [3.05, 3.63) is 0 Å². The van der Waals surface area contributed by atoms with Crippen molar-refractivity contribution in [1.29, 1.82) is 0 Å². The summed E-state index contributed by atoms with van der Waals surface area (Å²) in [6.45, 7) is -1.41. The molecule has 1 rings (SSSR count). The highest BCUT2D eigenvalue weighted by atomic mass is 16.6. The fraction of sp³-hybridized carbons (Fsp3) is 0.800. The normalized spacial score (nSPS) is 38.1. The minimum Gasteiger partial charge on any atom is -0.468 e. The molecule has 8 nitrogen and oxygen atoms in total. The molecule has 0 amide bonds. The Morgan fingerprint density at radius 1 is 1.61 bits per heavy atom. The second kappa shape index (κ2) is 5.29. The van der Waals surface area contributed by atoms with Gasteiger partial charge in [-0.25, -0.2) is 4.79 Å². The molecule has 2 unspecified atom stereocenters. The first-order valence-corrected chi connectivity index (χ1v) is 5.17. The average Bonchev–Trinajstić information content (AvgIpc) is 2.69. The maximum atomic E-state index is 12.1. The second-order valence-electron chi connectivity index (χ2n) is 4.03. The van der Waals surface area contributed by atoms with Gasteiger partial charge in [0.2, 0.25) is 0 Å². The van der Waals surface area contributed by atoms with Crippen LogP contribution in [0.4, 0.5) is 0 Å². The van der Waals surface area contributed by atoms with Crippen molar-refractivity contribution in [2.45, 2.75) is 36.9 Å². The van der Waals surface area contributed by atoms with Gasteiger partial charge < -0.3 is 30.5 Å². The molecule has 1 fully saturated rings. The number of ketones is 1. The number of aliphatic hydroxyl groups excluding tert-OH is 3. The van der Waals surface area contributed by atoms with Crippen LogP contribution in [0.5, 0.6) is 0 Å². The number of ether oxygens (including phenoxy) is 2. The standard InChI is InChI=1S/C10H17NO7/c1-10(7(14)5(11)9(16)17-2)8(15)6(13)4(3-12)18-10/h4-6,8,12-13,15H,3,11H2,1-2H3/t4-,5?,6-,8-,10?/m1/s1/i1D. The monoisotopic (exact) mass is 264 g/mol. The summed E-state index contributed by atoms with van der Waals surface area (Å²) in [5, 5.41) is 28.4. The fourth-order valence-corrected chi connectivity index (χ4v) is 1.74. The Labute approximate surface area is 105 Å². The summed E-state index contributed by atoms with van der Waals surface area (Å²) >= 11 is 0. The van der Waals surface area contributed by atoms with Crippen LogP contribution in [-0.4, -0.2) is 70.7 Å². The Morgan fingerprint density at radius 2 is 2.22 bits per heavy atom. The third-order valence-electron chi connectivity index (χ3n) is 2.88. The first-order valence-electron chi connectivity index (χ1n) is 5.88. The number of esters is 1. The van der Waals surface area contributed by atoms with Crippen LogP contribution in [-0.2, 0) is 19.1 Å². The van der Waals surface area contributed by atoms with E-state index in [2.05, 4.69) is 4.74 Å².